The lowest BCUT2D eigenvalue weighted by Crippen LogP contribution is -2.56. The molecule has 47 heavy (non-hydrogen) atoms. The fraction of sp³-hybridized carbons (Fsp3) is 0.278. The number of halogens is 2. The van der Waals surface area contributed by atoms with Gasteiger partial charge in [-0.1, -0.05) is 83.4 Å². The van der Waals surface area contributed by atoms with Gasteiger partial charge in [-0.2, -0.15) is 0 Å². The molecule has 1 unspecified atom stereocenters. The summed E-state index contributed by atoms with van der Waals surface area (Å²) in [6.45, 7) is 6.80. The fourth-order valence-corrected chi connectivity index (χ4v) is 6.89. The fourth-order valence-electron chi connectivity index (χ4n) is 5.02. The molecule has 0 aliphatic heterocycles. The molecule has 0 aromatic heterocycles. The minimum Gasteiger partial charge on any atom is -0.495 e. The zero-order valence-corrected chi connectivity index (χ0v) is 29.4. The summed E-state index contributed by atoms with van der Waals surface area (Å²) in [5, 5.41) is 3.65. The summed E-state index contributed by atoms with van der Waals surface area (Å²) in [6, 6.07) is 26.2. The van der Waals surface area contributed by atoms with E-state index in [0.29, 0.717) is 16.3 Å². The number of rotatable bonds is 12. The lowest BCUT2D eigenvalue weighted by molar-refractivity contribution is -0.140. The Morgan fingerprint density at radius 2 is 1.53 bits per heavy atom. The van der Waals surface area contributed by atoms with E-state index in [1.807, 2.05) is 58.0 Å². The molecule has 0 saturated heterocycles. The smallest absolute Gasteiger partial charge is 0.264 e. The number of nitrogens with zero attached hydrogens (tertiary/aromatic N) is 2. The third-order valence-electron chi connectivity index (χ3n) is 7.32. The van der Waals surface area contributed by atoms with Crippen molar-refractivity contribution in [1.82, 2.24) is 10.2 Å². The predicted molar refractivity (Wildman–Crippen MR) is 188 cm³/mol. The number of carbonyl (C=O) groups excluding carboxylic acids is 2. The van der Waals surface area contributed by atoms with Crippen LogP contribution in [0.15, 0.2) is 102 Å². The van der Waals surface area contributed by atoms with Crippen molar-refractivity contribution in [3.8, 4) is 5.75 Å². The molecule has 4 aromatic carbocycles. The van der Waals surface area contributed by atoms with Gasteiger partial charge in [0, 0.05) is 23.5 Å². The van der Waals surface area contributed by atoms with Crippen LogP contribution in [-0.2, 0) is 32.6 Å². The molecule has 248 valence electrons. The molecule has 0 heterocycles. The number of benzene rings is 4. The molecule has 1 atom stereocenters. The zero-order valence-electron chi connectivity index (χ0n) is 27.0. The van der Waals surface area contributed by atoms with Crippen molar-refractivity contribution in [1.29, 1.82) is 0 Å². The van der Waals surface area contributed by atoms with Gasteiger partial charge in [0.05, 0.1) is 22.7 Å². The van der Waals surface area contributed by atoms with Crippen LogP contribution in [0.3, 0.4) is 0 Å². The molecule has 2 amide bonds. The number of ether oxygens (including phenoxy) is 1. The second kappa shape index (κ2) is 15.2. The highest BCUT2D eigenvalue weighted by Gasteiger charge is 2.36. The quantitative estimate of drug-likeness (QED) is 0.171. The van der Waals surface area contributed by atoms with E-state index in [4.69, 9.17) is 27.9 Å². The molecule has 0 aliphatic carbocycles. The van der Waals surface area contributed by atoms with Crippen molar-refractivity contribution in [3.63, 3.8) is 0 Å². The third-order valence-corrected chi connectivity index (χ3v) is 9.64. The molecule has 0 fully saturated rings. The van der Waals surface area contributed by atoms with E-state index < -0.39 is 34.1 Å². The molecular weight excluding hydrogens is 657 g/mol. The van der Waals surface area contributed by atoms with E-state index in [2.05, 4.69) is 5.32 Å². The van der Waals surface area contributed by atoms with Crippen molar-refractivity contribution in [2.24, 2.45) is 0 Å². The summed E-state index contributed by atoms with van der Waals surface area (Å²) in [4.78, 5) is 30.0. The summed E-state index contributed by atoms with van der Waals surface area (Å²) < 4.78 is 34.8. The van der Waals surface area contributed by atoms with Crippen LogP contribution in [0.2, 0.25) is 10.0 Å². The first-order valence-corrected chi connectivity index (χ1v) is 17.2. The van der Waals surface area contributed by atoms with Gasteiger partial charge >= 0.3 is 0 Å². The molecule has 0 bridgehead atoms. The molecule has 0 radical (unpaired) electrons. The number of methoxy groups -OCH3 is 1. The van der Waals surface area contributed by atoms with Gasteiger partial charge in [0.1, 0.15) is 18.3 Å². The standard InChI is InChI=1S/C36H39Cl2N3O5S/c1-25-14-17-30(18-15-25)47(44,45)41(29-16-19-33(46-5)31(38)22-29)24-34(42)40(23-27-12-9-13-28(37)20-27)32(35(43)39-36(2,3)4)21-26-10-7-6-8-11-26/h6-20,22,32H,21,23-24H2,1-5H3,(H,39,43). The van der Waals surface area contributed by atoms with Gasteiger partial charge in [-0.15, -0.1) is 0 Å². The maximum atomic E-state index is 14.6. The summed E-state index contributed by atoms with van der Waals surface area (Å²) in [5.74, 6) is -0.631. The van der Waals surface area contributed by atoms with Crippen LogP contribution in [0.1, 0.15) is 37.5 Å². The first kappa shape index (κ1) is 35.8. The van der Waals surface area contributed by atoms with Crippen LogP contribution in [0, 0.1) is 6.92 Å². The number of amides is 2. The van der Waals surface area contributed by atoms with Crippen LogP contribution >= 0.6 is 23.2 Å². The van der Waals surface area contributed by atoms with E-state index >= 15 is 0 Å². The second-order valence-electron chi connectivity index (χ2n) is 12.2. The van der Waals surface area contributed by atoms with Gasteiger partial charge < -0.3 is 15.0 Å². The summed E-state index contributed by atoms with van der Waals surface area (Å²) >= 11 is 12.8. The minimum absolute atomic E-state index is 0.00373. The average Bonchev–Trinajstić information content (AvgIpc) is 3.01. The van der Waals surface area contributed by atoms with Gasteiger partial charge in [-0.3, -0.25) is 13.9 Å². The highest BCUT2D eigenvalue weighted by atomic mass is 35.5. The molecule has 0 saturated carbocycles. The average molecular weight is 697 g/mol. The molecule has 4 aromatic rings. The number of anilines is 1. The molecule has 4 rings (SSSR count). The highest BCUT2D eigenvalue weighted by Crippen LogP contribution is 2.32. The van der Waals surface area contributed by atoms with Crippen LogP contribution in [-0.4, -0.2) is 50.4 Å². The van der Waals surface area contributed by atoms with Gasteiger partial charge in [0.25, 0.3) is 10.0 Å². The van der Waals surface area contributed by atoms with Crippen molar-refractivity contribution in [3.05, 3.63) is 124 Å². The summed E-state index contributed by atoms with van der Waals surface area (Å²) in [6.07, 6.45) is 0.189. The van der Waals surface area contributed by atoms with E-state index in [1.54, 1.807) is 42.5 Å². The predicted octanol–water partition coefficient (Wildman–Crippen LogP) is 7.06. The first-order chi connectivity index (χ1) is 22.2. The number of carbonyl (C=O) groups is 2. The van der Waals surface area contributed by atoms with Crippen molar-refractivity contribution in [2.75, 3.05) is 18.0 Å². The van der Waals surface area contributed by atoms with Crippen LogP contribution in [0.4, 0.5) is 5.69 Å². The van der Waals surface area contributed by atoms with Crippen LogP contribution < -0.4 is 14.4 Å². The number of sulfonamides is 1. The highest BCUT2D eigenvalue weighted by molar-refractivity contribution is 7.92. The molecule has 8 nitrogen and oxygen atoms in total. The summed E-state index contributed by atoms with van der Waals surface area (Å²) in [5.41, 5.74) is 1.94. The number of hydrogen-bond acceptors (Lipinski definition) is 5. The van der Waals surface area contributed by atoms with E-state index in [-0.39, 0.29) is 34.5 Å². The Morgan fingerprint density at radius 1 is 0.872 bits per heavy atom. The Hall–Kier alpha value is -4.05. The van der Waals surface area contributed by atoms with Crippen molar-refractivity contribution < 1.29 is 22.7 Å². The molecule has 0 spiro atoms. The SMILES string of the molecule is COc1ccc(N(CC(=O)N(Cc2cccc(Cl)c2)C(Cc2ccccc2)C(=O)NC(C)(C)C)S(=O)(=O)c2ccc(C)cc2)cc1Cl. The topological polar surface area (TPSA) is 96.0 Å². The van der Waals surface area contributed by atoms with Gasteiger partial charge in [0.15, 0.2) is 0 Å². The lowest BCUT2D eigenvalue weighted by atomic mass is 10.0. The molecule has 1 N–H and O–H groups in total. The van der Waals surface area contributed by atoms with Crippen LogP contribution in [0.25, 0.3) is 0 Å². The number of aryl methyl sites for hydroxylation is 1. The number of hydrogen-bond donors (Lipinski definition) is 1. The monoisotopic (exact) mass is 695 g/mol. The number of nitrogens with one attached hydrogen (secondary N) is 1. The Bertz CT molecular complexity index is 1810. The lowest BCUT2D eigenvalue weighted by Gasteiger charge is -2.35. The van der Waals surface area contributed by atoms with Gasteiger partial charge in [-0.05, 0) is 81.3 Å². The van der Waals surface area contributed by atoms with Gasteiger partial charge in [-0.25, -0.2) is 8.42 Å². The Balaban J connectivity index is 1.84. The maximum Gasteiger partial charge on any atom is 0.264 e. The first-order valence-electron chi connectivity index (χ1n) is 15.0. The Kier molecular flexibility index (Phi) is 11.6. The molecule has 0 aliphatic rings. The normalized spacial score (nSPS) is 12.2. The van der Waals surface area contributed by atoms with E-state index in [9.17, 15) is 18.0 Å². The zero-order chi connectivity index (χ0) is 34.4. The third kappa shape index (κ3) is 9.50. The minimum atomic E-state index is -4.28. The second-order valence-corrected chi connectivity index (χ2v) is 14.9. The molecular formula is C36H39Cl2N3O5S. The maximum absolute atomic E-state index is 14.6. The van der Waals surface area contributed by atoms with Crippen molar-refractivity contribution in [2.45, 2.75) is 57.1 Å². The van der Waals surface area contributed by atoms with Crippen molar-refractivity contribution >= 4 is 50.7 Å². The largest absolute Gasteiger partial charge is 0.495 e. The molecule has 11 heteroatoms. The van der Waals surface area contributed by atoms with Gasteiger partial charge in [0.2, 0.25) is 11.8 Å². The van der Waals surface area contributed by atoms with E-state index in [1.165, 1.54) is 36.3 Å². The van der Waals surface area contributed by atoms with Crippen LogP contribution in [0.5, 0.6) is 5.75 Å². The Labute approximate surface area is 287 Å². The van der Waals surface area contributed by atoms with E-state index in [0.717, 1.165) is 15.4 Å². The summed E-state index contributed by atoms with van der Waals surface area (Å²) in [7, 11) is -2.83. The Morgan fingerprint density at radius 3 is 2.13 bits per heavy atom.